The van der Waals surface area contributed by atoms with Gasteiger partial charge in [0.15, 0.2) is 0 Å². The van der Waals surface area contributed by atoms with Crippen molar-refractivity contribution in [3.63, 3.8) is 0 Å². The van der Waals surface area contributed by atoms with E-state index < -0.39 is 0 Å². The molecule has 0 radical (unpaired) electrons. The predicted molar refractivity (Wildman–Crippen MR) is 63.6 cm³/mol. The van der Waals surface area contributed by atoms with Crippen LogP contribution in [0.4, 0.5) is 4.79 Å². The largest absolute Gasteiger partial charge is 0.378 e. The first kappa shape index (κ1) is 13.3. The molecule has 5 heteroatoms. The van der Waals surface area contributed by atoms with E-state index >= 15 is 0 Å². The highest BCUT2D eigenvalue weighted by molar-refractivity contribution is 5.74. The van der Waals surface area contributed by atoms with Gasteiger partial charge in [-0.05, 0) is 0 Å². The van der Waals surface area contributed by atoms with E-state index in [1.165, 1.54) is 0 Å². The fourth-order valence-corrected chi connectivity index (χ4v) is 1.81. The Hall–Kier alpha value is -0.810. The summed E-state index contributed by atoms with van der Waals surface area (Å²) in [4.78, 5) is 15.7. The molecule has 2 amide bonds. The molecule has 0 aliphatic carbocycles. The molecule has 0 aromatic rings. The van der Waals surface area contributed by atoms with Gasteiger partial charge in [-0.25, -0.2) is 4.79 Å². The minimum Gasteiger partial charge on any atom is -0.378 e. The van der Waals surface area contributed by atoms with Crippen LogP contribution >= 0.6 is 0 Å². The van der Waals surface area contributed by atoms with Gasteiger partial charge in [0.05, 0.1) is 13.2 Å². The van der Waals surface area contributed by atoms with Gasteiger partial charge in [0, 0.05) is 39.3 Å². The van der Waals surface area contributed by atoms with Crippen LogP contribution in [0, 0.1) is 0 Å². The fraction of sp³-hybridized carbons (Fsp3) is 0.909. The monoisotopic (exact) mass is 229 g/mol. The first-order valence-corrected chi connectivity index (χ1v) is 6.20. The minimum absolute atomic E-state index is 0.176. The summed E-state index contributed by atoms with van der Waals surface area (Å²) in [6.07, 6.45) is 0. The van der Waals surface area contributed by atoms with Gasteiger partial charge in [0.2, 0.25) is 0 Å². The van der Waals surface area contributed by atoms with Crippen molar-refractivity contribution in [1.82, 2.24) is 15.1 Å². The number of nitrogens with one attached hydrogen (secondary N) is 1. The summed E-state index contributed by atoms with van der Waals surface area (Å²) in [6, 6.07) is 0.176. The normalized spacial score (nSPS) is 21.1. The molecule has 2 rings (SSSR count). The number of ether oxygens (including phenoxy) is 1. The Morgan fingerprint density at radius 2 is 1.50 bits per heavy atom. The number of piperazine rings is 1. The van der Waals surface area contributed by atoms with Gasteiger partial charge < -0.3 is 19.9 Å². The number of amides is 2. The number of carbonyl (C=O) groups is 1. The summed E-state index contributed by atoms with van der Waals surface area (Å²) < 4.78 is 5.21. The van der Waals surface area contributed by atoms with Crippen LogP contribution in [0.3, 0.4) is 0 Å². The molecule has 0 aromatic heterocycles. The maximum atomic E-state index is 11.9. The molecule has 2 heterocycles. The van der Waals surface area contributed by atoms with Crippen LogP contribution in [0.25, 0.3) is 0 Å². The quantitative estimate of drug-likeness (QED) is 0.653. The molecule has 1 N–H and O–H groups in total. The zero-order chi connectivity index (χ0) is 11.8. The summed E-state index contributed by atoms with van der Waals surface area (Å²) in [6.45, 7) is 10.3. The van der Waals surface area contributed by atoms with Crippen molar-refractivity contribution in [2.24, 2.45) is 0 Å². The average molecular weight is 229 g/mol. The van der Waals surface area contributed by atoms with Gasteiger partial charge in [-0.2, -0.15) is 0 Å². The molecule has 2 fully saturated rings. The minimum atomic E-state index is 0.176. The van der Waals surface area contributed by atoms with Gasteiger partial charge in [-0.15, -0.1) is 0 Å². The Morgan fingerprint density at radius 1 is 1.00 bits per heavy atom. The van der Waals surface area contributed by atoms with Crippen LogP contribution in [-0.2, 0) is 4.74 Å². The summed E-state index contributed by atoms with van der Waals surface area (Å²) >= 11 is 0. The molecule has 94 valence electrons. The molecule has 2 aliphatic heterocycles. The highest BCUT2D eigenvalue weighted by atomic mass is 16.5. The van der Waals surface area contributed by atoms with Crippen molar-refractivity contribution in [2.45, 2.75) is 13.8 Å². The van der Waals surface area contributed by atoms with Crippen molar-refractivity contribution < 1.29 is 9.53 Å². The van der Waals surface area contributed by atoms with E-state index in [0.29, 0.717) is 13.2 Å². The van der Waals surface area contributed by atoms with Crippen LogP contribution in [0.1, 0.15) is 13.8 Å². The molecular formula is C11H23N3O2. The Bertz CT molecular complexity index is 179. The molecule has 2 aliphatic rings. The first-order valence-electron chi connectivity index (χ1n) is 6.20. The van der Waals surface area contributed by atoms with Gasteiger partial charge in [-0.3, -0.25) is 0 Å². The van der Waals surface area contributed by atoms with E-state index in [0.717, 1.165) is 39.3 Å². The van der Waals surface area contributed by atoms with Gasteiger partial charge in [0.1, 0.15) is 0 Å². The number of nitrogens with zero attached hydrogens (tertiary/aromatic N) is 2. The smallest absolute Gasteiger partial charge is 0.320 e. The molecule has 0 bridgehead atoms. The third-order valence-electron chi connectivity index (χ3n) is 2.67. The lowest BCUT2D eigenvalue weighted by Crippen LogP contribution is -2.53. The fourth-order valence-electron chi connectivity index (χ4n) is 1.81. The Morgan fingerprint density at radius 3 is 2.06 bits per heavy atom. The number of hydrogen-bond acceptors (Lipinski definition) is 3. The number of carbonyl (C=O) groups excluding carboxylic acids is 1. The second kappa shape index (κ2) is 7.46. The highest BCUT2D eigenvalue weighted by Crippen LogP contribution is 2.04. The summed E-state index contributed by atoms with van der Waals surface area (Å²) in [5, 5.41) is 3.24. The molecule has 2 saturated heterocycles. The molecule has 0 atom stereocenters. The van der Waals surface area contributed by atoms with Crippen LogP contribution in [0.2, 0.25) is 0 Å². The Labute approximate surface area is 97.7 Å². The predicted octanol–water partition coefficient (Wildman–Crippen LogP) is 0.370. The summed E-state index contributed by atoms with van der Waals surface area (Å²) in [5.74, 6) is 0. The molecule has 0 saturated carbocycles. The maximum Gasteiger partial charge on any atom is 0.320 e. The SMILES string of the molecule is CC.O=C(N1CCNCC1)N1CCOCC1. The molecule has 0 aromatic carbocycles. The van der Waals surface area contributed by atoms with E-state index in [4.69, 9.17) is 4.74 Å². The second-order valence-electron chi connectivity index (χ2n) is 3.62. The van der Waals surface area contributed by atoms with Crippen molar-refractivity contribution in [2.75, 3.05) is 52.5 Å². The lowest BCUT2D eigenvalue weighted by molar-refractivity contribution is 0.0423. The topological polar surface area (TPSA) is 44.8 Å². The van der Waals surface area contributed by atoms with Gasteiger partial charge in [-0.1, -0.05) is 13.8 Å². The van der Waals surface area contributed by atoms with Crippen LogP contribution in [0.15, 0.2) is 0 Å². The zero-order valence-corrected chi connectivity index (χ0v) is 10.4. The average Bonchev–Trinajstić information content (AvgIpc) is 2.42. The molecule has 0 unspecified atom stereocenters. The van der Waals surface area contributed by atoms with Crippen LogP contribution in [-0.4, -0.2) is 68.3 Å². The third-order valence-corrected chi connectivity index (χ3v) is 2.67. The van der Waals surface area contributed by atoms with Crippen molar-refractivity contribution in [1.29, 1.82) is 0 Å². The van der Waals surface area contributed by atoms with E-state index in [1.807, 2.05) is 23.6 Å². The second-order valence-corrected chi connectivity index (χ2v) is 3.62. The number of rotatable bonds is 0. The number of urea groups is 1. The standard InChI is InChI=1S/C9H17N3O2.C2H6/c13-9(11-3-1-10-2-4-11)12-5-7-14-8-6-12;1-2/h10H,1-8H2;1-2H3. The molecular weight excluding hydrogens is 206 g/mol. The van der Waals surface area contributed by atoms with E-state index in [-0.39, 0.29) is 6.03 Å². The van der Waals surface area contributed by atoms with Gasteiger partial charge in [0.25, 0.3) is 0 Å². The number of hydrogen-bond donors (Lipinski definition) is 1. The van der Waals surface area contributed by atoms with E-state index in [9.17, 15) is 4.79 Å². The van der Waals surface area contributed by atoms with E-state index in [1.54, 1.807) is 0 Å². The van der Waals surface area contributed by atoms with Crippen molar-refractivity contribution in [3.8, 4) is 0 Å². The van der Waals surface area contributed by atoms with Crippen molar-refractivity contribution >= 4 is 6.03 Å². The molecule has 16 heavy (non-hydrogen) atoms. The summed E-state index contributed by atoms with van der Waals surface area (Å²) in [5.41, 5.74) is 0. The number of morpholine rings is 1. The molecule has 5 nitrogen and oxygen atoms in total. The van der Waals surface area contributed by atoms with Gasteiger partial charge >= 0.3 is 6.03 Å². The summed E-state index contributed by atoms with van der Waals surface area (Å²) in [7, 11) is 0. The third kappa shape index (κ3) is 3.64. The highest BCUT2D eigenvalue weighted by Gasteiger charge is 2.23. The zero-order valence-electron chi connectivity index (χ0n) is 10.4. The van der Waals surface area contributed by atoms with Crippen LogP contribution < -0.4 is 5.32 Å². The Kier molecular flexibility index (Phi) is 6.18. The lowest BCUT2D eigenvalue weighted by atomic mass is 10.3. The van der Waals surface area contributed by atoms with Crippen molar-refractivity contribution in [3.05, 3.63) is 0 Å². The lowest BCUT2D eigenvalue weighted by Gasteiger charge is -2.35. The Balaban J connectivity index is 0.000000606. The molecule has 0 spiro atoms. The van der Waals surface area contributed by atoms with E-state index in [2.05, 4.69) is 5.32 Å². The maximum absolute atomic E-state index is 11.9. The first-order chi connectivity index (χ1) is 7.88. The van der Waals surface area contributed by atoms with Crippen LogP contribution in [0.5, 0.6) is 0 Å².